The maximum atomic E-state index is 10.4. The van der Waals surface area contributed by atoms with E-state index in [1.165, 1.54) is 19.3 Å². The van der Waals surface area contributed by atoms with Crippen LogP contribution in [0.15, 0.2) is 24.3 Å². The summed E-state index contributed by atoms with van der Waals surface area (Å²) in [6.45, 7) is 3.14. The van der Waals surface area contributed by atoms with Crippen LogP contribution < -0.4 is 4.74 Å². The molecular formula is C19H29NO4. The van der Waals surface area contributed by atoms with Crippen LogP contribution in [0.25, 0.3) is 0 Å². The molecule has 0 unspecified atom stereocenters. The molecule has 1 saturated carbocycles. The highest BCUT2D eigenvalue weighted by atomic mass is 16.5. The van der Waals surface area contributed by atoms with Crippen molar-refractivity contribution in [3.63, 3.8) is 0 Å². The maximum Gasteiger partial charge on any atom is 0.124 e. The van der Waals surface area contributed by atoms with Gasteiger partial charge in [0.25, 0.3) is 0 Å². The molecule has 5 heteroatoms. The van der Waals surface area contributed by atoms with Crippen molar-refractivity contribution >= 4 is 0 Å². The summed E-state index contributed by atoms with van der Waals surface area (Å²) in [6.07, 6.45) is 4.75. The zero-order valence-electron chi connectivity index (χ0n) is 14.5. The molecule has 1 aliphatic carbocycles. The Hall–Kier alpha value is -1.14. The van der Waals surface area contributed by atoms with Gasteiger partial charge in [0.1, 0.15) is 5.75 Å². The van der Waals surface area contributed by atoms with Crippen molar-refractivity contribution in [1.29, 1.82) is 0 Å². The van der Waals surface area contributed by atoms with E-state index in [9.17, 15) is 5.11 Å². The molecule has 1 saturated heterocycles. The molecule has 1 N–H and O–H groups in total. The van der Waals surface area contributed by atoms with Gasteiger partial charge >= 0.3 is 0 Å². The summed E-state index contributed by atoms with van der Waals surface area (Å²) in [5.41, 5.74) is 1.01. The van der Waals surface area contributed by atoms with Crippen molar-refractivity contribution in [3.8, 4) is 5.75 Å². The summed E-state index contributed by atoms with van der Waals surface area (Å²) >= 11 is 0. The Morgan fingerprint density at radius 1 is 1.29 bits per heavy atom. The monoisotopic (exact) mass is 335 g/mol. The number of aliphatic hydroxyl groups excluding tert-OH is 1. The highest BCUT2D eigenvalue weighted by Crippen LogP contribution is 2.28. The van der Waals surface area contributed by atoms with Gasteiger partial charge in [0, 0.05) is 24.7 Å². The van der Waals surface area contributed by atoms with Gasteiger partial charge in [-0.1, -0.05) is 31.0 Å². The SMILES string of the molecule is COc1ccccc1COC[C@H](O)CN1CCO[C@@H]2CCCC[C@@H]21. The highest BCUT2D eigenvalue weighted by Gasteiger charge is 2.34. The van der Waals surface area contributed by atoms with Crippen molar-refractivity contribution in [3.05, 3.63) is 29.8 Å². The van der Waals surface area contributed by atoms with Crippen LogP contribution in [0.1, 0.15) is 31.2 Å². The third kappa shape index (κ3) is 4.48. The minimum absolute atomic E-state index is 0.340. The van der Waals surface area contributed by atoms with Crippen LogP contribution in [0, 0.1) is 0 Å². The van der Waals surface area contributed by atoms with Gasteiger partial charge in [-0.2, -0.15) is 0 Å². The molecule has 0 spiro atoms. The zero-order chi connectivity index (χ0) is 16.8. The number of para-hydroxylation sites is 1. The topological polar surface area (TPSA) is 51.2 Å². The van der Waals surface area contributed by atoms with Gasteiger partial charge in [0.2, 0.25) is 0 Å². The van der Waals surface area contributed by atoms with Crippen molar-refractivity contribution in [2.45, 2.75) is 50.5 Å². The number of benzene rings is 1. The molecule has 3 atom stereocenters. The molecule has 1 aromatic carbocycles. The second-order valence-electron chi connectivity index (χ2n) is 6.74. The van der Waals surface area contributed by atoms with E-state index in [1.807, 2.05) is 24.3 Å². The van der Waals surface area contributed by atoms with Crippen LogP contribution in [0.2, 0.25) is 0 Å². The van der Waals surface area contributed by atoms with Crippen LogP contribution in [0.5, 0.6) is 5.75 Å². The van der Waals surface area contributed by atoms with E-state index in [2.05, 4.69) is 4.90 Å². The van der Waals surface area contributed by atoms with E-state index in [0.717, 1.165) is 30.9 Å². The largest absolute Gasteiger partial charge is 0.496 e. The first kappa shape index (κ1) is 17.7. The molecule has 2 aliphatic rings. The fourth-order valence-corrected chi connectivity index (χ4v) is 3.85. The first-order valence-electron chi connectivity index (χ1n) is 9.01. The van der Waals surface area contributed by atoms with Crippen molar-refractivity contribution in [2.24, 2.45) is 0 Å². The Morgan fingerprint density at radius 3 is 3.00 bits per heavy atom. The van der Waals surface area contributed by atoms with Crippen LogP contribution >= 0.6 is 0 Å². The number of hydrogen-bond acceptors (Lipinski definition) is 5. The average molecular weight is 335 g/mol. The minimum atomic E-state index is -0.472. The molecule has 134 valence electrons. The van der Waals surface area contributed by atoms with Crippen LogP contribution in [-0.4, -0.2) is 61.7 Å². The third-order valence-corrected chi connectivity index (χ3v) is 5.05. The Balaban J connectivity index is 1.44. The Kier molecular flexibility index (Phi) is 6.49. The Morgan fingerprint density at radius 2 is 2.12 bits per heavy atom. The Bertz CT molecular complexity index is 508. The lowest BCUT2D eigenvalue weighted by Crippen LogP contribution is -2.54. The van der Waals surface area contributed by atoms with Crippen molar-refractivity contribution in [2.75, 3.05) is 33.4 Å². The van der Waals surface area contributed by atoms with Crippen LogP contribution in [0.4, 0.5) is 0 Å². The number of ether oxygens (including phenoxy) is 3. The third-order valence-electron chi connectivity index (χ3n) is 5.05. The Labute approximate surface area is 144 Å². The molecular weight excluding hydrogens is 306 g/mol. The van der Waals surface area contributed by atoms with E-state index in [4.69, 9.17) is 14.2 Å². The van der Waals surface area contributed by atoms with Crippen LogP contribution in [0.3, 0.4) is 0 Å². The molecule has 2 fully saturated rings. The summed E-state index contributed by atoms with van der Waals surface area (Å²) in [6, 6.07) is 8.28. The van der Waals surface area contributed by atoms with Crippen molar-refractivity contribution < 1.29 is 19.3 Å². The summed E-state index contributed by atoms with van der Waals surface area (Å²) in [7, 11) is 1.66. The molecule has 0 radical (unpaired) electrons. The lowest BCUT2D eigenvalue weighted by atomic mass is 9.90. The second kappa shape index (κ2) is 8.81. The number of rotatable bonds is 7. The number of methoxy groups -OCH3 is 1. The zero-order valence-corrected chi connectivity index (χ0v) is 14.5. The number of morpholine rings is 1. The van der Waals surface area contributed by atoms with E-state index in [1.54, 1.807) is 7.11 Å². The average Bonchev–Trinajstić information content (AvgIpc) is 2.62. The lowest BCUT2D eigenvalue weighted by molar-refractivity contribution is -0.103. The van der Waals surface area contributed by atoms with Gasteiger partial charge in [-0.25, -0.2) is 0 Å². The summed E-state index contributed by atoms with van der Waals surface area (Å²) in [4.78, 5) is 2.39. The van der Waals surface area contributed by atoms with Gasteiger partial charge in [-0.3, -0.25) is 4.90 Å². The molecule has 1 aliphatic heterocycles. The van der Waals surface area contributed by atoms with E-state index >= 15 is 0 Å². The minimum Gasteiger partial charge on any atom is -0.496 e. The van der Waals surface area contributed by atoms with Crippen molar-refractivity contribution in [1.82, 2.24) is 4.90 Å². The molecule has 0 amide bonds. The first-order chi connectivity index (χ1) is 11.8. The number of fused-ring (bicyclic) bond motifs is 1. The molecule has 1 aromatic rings. The van der Waals surface area contributed by atoms with Gasteiger partial charge in [-0.15, -0.1) is 0 Å². The molecule has 0 bridgehead atoms. The smallest absolute Gasteiger partial charge is 0.124 e. The molecule has 0 aromatic heterocycles. The quantitative estimate of drug-likeness (QED) is 0.828. The van der Waals surface area contributed by atoms with Gasteiger partial charge in [-0.05, 0) is 18.9 Å². The van der Waals surface area contributed by atoms with Crippen LogP contribution in [-0.2, 0) is 16.1 Å². The summed E-state index contributed by atoms with van der Waals surface area (Å²) in [5, 5.41) is 10.4. The fourth-order valence-electron chi connectivity index (χ4n) is 3.85. The van der Waals surface area contributed by atoms with Gasteiger partial charge in [0.05, 0.1) is 39.1 Å². The van der Waals surface area contributed by atoms with Gasteiger partial charge in [0.15, 0.2) is 0 Å². The molecule has 3 rings (SSSR count). The van der Waals surface area contributed by atoms with E-state index in [-0.39, 0.29) is 0 Å². The summed E-state index contributed by atoms with van der Waals surface area (Å²) < 4.78 is 16.9. The normalized spacial score (nSPS) is 25.9. The number of hydrogen-bond donors (Lipinski definition) is 1. The standard InChI is InChI=1S/C19H29NO4/c1-22-18-8-4-2-6-15(18)13-23-14-16(21)12-20-10-11-24-19-9-5-3-7-17(19)20/h2,4,6,8,16-17,19,21H,3,5,7,9-14H2,1H3/t16-,17+,19-/m1/s1. The highest BCUT2D eigenvalue weighted by molar-refractivity contribution is 5.32. The molecule has 1 heterocycles. The fraction of sp³-hybridized carbons (Fsp3) is 0.684. The van der Waals surface area contributed by atoms with E-state index in [0.29, 0.717) is 31.9 Å². The lowest BCUT2D eigenvalue weighted by Gasteiger charge is -2.44. The summed E-state index contributed by atoms with van der Waals surface area (Å²) in [5.74, 6) is 0.824. The molecule has 24 heavy (non-hydrogen) atoms. The predicted molar refractivity (Wildman–Crippen MR) is 92.2 cm³/mol. The number of nitrogens with zero attached hydrogens (tertiary/aromatic N) is 1. The molecule has 5 nitrogen and oxygen atoms in total. The van der Waals surface area contributed by atoms with Gasteiger partial charge < -0.3 is 19.3 Å². The number of aliphatic hydroxyl groups is 1. The van der Waals surface area contributed by atoms with E-state index < -0.39 is 6.10 Å². The number of β-amino-alcohol motifs (C(OH)–C–C–N with tert-alkyl or cyclic N) is 1. The first-order valence-corrected chi connectivity index (χ1v) is 9.01. The predicted octanol–water partition coefficient (Wildman–Crippen LogP) is 2.22. The second-order valence-corrected chi connectivity index (χ2v) is 6.74. The maximum absolute atomic E-state index is 10.4.